The molecule has 1 aliphatic rings. The second-order valence-corrected chi connectivity index (χ2v) is 8.34. The Morgan fingerprint density at radius 1 is 1.00 bits per heavy atom. The molecule has 138 valence electrons. The fourth-order valence-corrected chi connectivity index (χ4v) is 4.55. The van der Waals surface area contributed by atoms with Crippen molar-refractivity contribution in [3.05, 3.63) is 65.7 Å². The van der Waals surface area contributed by atoms with E-state index < -0.39 is 10.0 Å². The first-order valence-electron chi connectivity index (χ1n) is 8.99. The van der Waals surface area contributed by atoms with E-state index in [9.17, 15) is 13.2 Å². The van der Waals surface area contributed by atoms with E-state index in [1.807, 2.05) is 30.3 Å². The lowest BCUT2D eigenvalue weighted by Gasteiger charge is -2.13. The van der Waals surface area contributed by atoms with Crippen molar-refractivity contribution in [1.29, 1.82) is 0 Å². The van der Waals surface area contributed by atoms with Gasteiger partial charge in [0.1, 0.15) is 0 Å². The first-order valence-corrected chi connectivity index (χ1v) is 10.5. The van der Waals surface area contributed by atoms with E-state index in [2.05, 4.69) is 10.0 Å². The van der Waals surface area contributed by atoms with Crippen LogP contribution in [0.2, 0.25) is 0 Å². The van der Waals surface area contributed by atoms with E-state index in [4.69, 9.17) is 0 Å². The highest BCUT2D eigenvalue weighted by atomic mass is 32.2. The second-order valence-electron chi connectivity index (χ2n) is 6.62. The topological polar surface area (TPSA) is 75.3 Å². The Labute approximate surface area is 154 Å². The summed E-state index contributed by atoms with van der Waals surface area (Å²) in [7, 11) is -3.59. The zero-order chi connectivity index (χ0) is 18.4. The fourth-order valence-electron chi connectivity index (χ4n) is 3.20. The van der Waals surface area contributed by atoms with E-state index >= 15 is 0 Å². The molecular weight excluding hydrogens is 348 g/mol. The van der Waals surface area contributed by atoms with Crippen LogP contribution in [0, 0.1) is 0 Å². The number of rotatable bonds is 7. The summed E-state index contributed by atoms with van der Waals surface area (Å²) in [6, 6.07) is 16.1. The minimum atomic E-state index is -3.59. The Kier molecular flexibility index (Phi) is 6.06. The summed E-state index contributed by atoms with van der Waals surface area (Å²) >= 11 is 0. The highest BCUT2D eigenvalue weighted by Crippen LogP contribution is 2.20. The molecule has 1 saturated carbocycles. The Bertz CT molecular complexity index is 844. The minimum absolute atomic E-state index is 0.00311. The standard InChI is InChI=1S/C20H24N2O3S/c23-20(21-14-13-16-7-2-1-3-8-16)17-9-6-12-19(15-17)26(24,25)22-18-10-4-5-11-18/h1-3,6-9,12,15,18,22H,4-5,10-11,13-14H2,(H,21,23). The van der Waals surface area contributed by atoms with Crippen molar-refractivity contribution in [3.8, 4) is 0 Å². The molecule has 6 heteroatoms. The van der Waals surface area contributed by atoms with Gasteiger partial charge in [-0.15, -0.1) is 0 Å². The third kappa shape index (κ3) is 4.93. The Hall–Kier alpha value is -2.18. The molecule has 0 aromatic heterocycles. The molecule has 0 heterocycles. The lowest BCUT2D eigenvalue weighted by molar-refractivity contribution is 0.0954. The van der Waals surface area contributed by atoms with Crippen molar-refractivity contribution in [2.45, 2.75) is 43.0 Å². The van der Waals surface area contributed by atoms with Crippen LogP contribution in [0.4, 0.5) is 0 Å². The van der Waals surface area contributed by atoms with Gasteiger partial charge in [-0.2, -0.15) is 0 Å². The van der Waals surface area contributed by atoms with Crippen molar-refractivity contribution < 1.29 is 13.2 Å². The number of hydrogen-bond donors (Lipinski definition) is 2. The SMILES string of the molecule is O=C(NCCc1ccccc1)c1cccc(S(=O)(=O)NC2CCCC2)c1. The molecule has 5 nitrogen and oxygen atoms in total. The van der Waals surface area contributed by atoms with Gasteiger partial charge in [-0.3, -0.25) is 4.79 Å². The number of carbonyl (C=O) groups excluding carboxylic acids is 1. The molecule has 0 bridgehead atoms. The first kappa shape index (κ1) is 18.6. The molecule has 2 aromatic rings. The van der Waals surface area contributed by atoms with Crippen LogP contribution in [0.5, 0.6) is 0 Å². The van der Waals surface area contributed by atoms with Gasteiger partial charge in [0.25, 0.3) is 5.91 Å². The minimum Gasteiger partial charge on any atom is -0.352 e. The van der Waals surface area contributed by atoms with Crippen LogP contribution < -0.4 is 10.0 Å². The van der Waals surface area contributed by atoms with Crippen LogP contribution in [-0.4, -0.2) is 26.9 Å². The maximum Gasteiger partial charge on any atom is 0.251 e. The summed E-state index contributed by atoms with van der Waals surface area (Å²) in [6.07, 6.45) is 4.58. The monoisotopic (exact) mass is 372 g/mol. The summed E-state index contributed by atoms with van der Waals surface area (Å²) < 4.78 is 27.8. The number of hydrogen-bond acceptors (Lipinski definition) is 3. The van der Waals surface area contributed by atoms with Gasteiger partial charge in [0, 0.05) is 18.2 Å². The number of nitrogens with one attached hydrogen (secondary N) is 2. The van der Waals surface area contributed by atoms with Gasteiger partial charge < -0.3 is 5.32 Å². The third-order valence-corrected chi connectivity index (χ3v) is 6.14. The van der Waals surface area contributed by atoms with Gasteiger partial charge in [-0.1, -0.05) is 49.2 Å². The van der Waals surface area contributed by atoms with Gasteiger partial charge in [0.05, 0.1) is 4.90 Å². The molecule has 2 N–H and O–H groups in total. The van der Waals surface area contributed by atoms with Gasteiger partial charge in [-0.05, 0) is 43.0 Å². The van der Waals surface area contributed by atoms with E-state index in [1.165, 1.54) is 12.1 Å². The van der Waals surface area contributed by atoms with E-state index in [0.29, 0.717) is 12.1 Å². The summed E-state index contributed by atoms with van der Waals surface area (Å²) in [5.74, 6) is -0.265. The average Bonchev–Trinajstić information content (AvgIpc) is 3.15. The van der Waals surface area contributed by atoms with Crippen molar-refractivity contribution in [3.63, 3.8) is 0 Å². The summed E-state index contributed by atoms with van der Waals surface area (Å²) in [4.78, 5) is 12.5. The lowest BCUT2D eigenvalue weighted by atomic mass is 10.1. The maximum atomic E-state index is 12.5. The summed E-state index contributed by atoms with van der Waals surface area (Å²) in [5, 5.41) is 2.85. The van der Waals surface area contributed by atoms with Crippen LogP contribution in [0.25, 0.3) is 0 Å². The first-order chi connectivity index (χ1) is 12.5. The van der Waals surface area contributed by atoms with Crippen LogP contribution in [0.1, 0.15) is 41.6 Å². The molecule has 0 saturated heterocycles. The number of sulfonamides is 1. The molecule has 3 rings (SSSR count). The molecule has 0 atom stereocenters. The summed E-state index contributed by atoms with van der Waals surface area (Å²) in [5.41, 5.74) is 1.50. The van der Waals surface area contributed by atoms with Gasteiger partial charge in [0.2, 0.25) is 10.0 Å². The maximum absolute atomic E-state index is 12.5. The van der Waals surface area contributed by atoms with Crippen molar-refractivity contribution in [2.24, 2.45) is 0 Å². The van der Waals surface area contributed by atoms with Gasteiger partial charge >= 0.3 is 0 Å². The van der Waals surface area contributed by atoms with Crippen LogP contribution in [0.15, 0.2) is 59.5 Å². The number of benzene rings is 2. The molecule has 0 unspecified atom stereocenters. The van der Waals surface area contributed by atoms with Gasteiger partial charge in [0.15, 0.2) is 0 Å². The zero-order valence-electron chi connectivity index (χ0n) is 14.6. The van der Waals surface area contributed by atoms with Crippen molar-refractivity contribution in [2.75, 3.05) is 6.54 Å². The average molecular weight is 372 g/mol. The van der Waals surface area contributed by atoms with Crippen molar-refractivity contribution >= 4 is 15.9 Å². The normalized spacial score (nSPS) is 15.1. The molecule has 1 fully saturated rings. The van der Waals surface area contributed by atoms with Crippen LogP contribution in [0.3, 0.4) is 0 Å². The second kappa shape index (κ2) is 8.47. The van der Waals surface area contributed by atoms with E-state index in [-0.39, 0.29) is 16.8 Å². The predicted molar refractivity (Wildman–Crippen MR) is 101 cm³/mol. The molecule has 0 aliphatic heterocycles. The largest absolute Gasteiger partial charge is 0.352 e. The number of amides is 1. The molecule has 26 heavy (non-hydrogen) atoms. The Morgan fingerprint density at radius 2 is 1.73 bits per heavy atom. The molecule has 1 amide bonds. The molecule has 0 spiro atoms. The smallest absolute Gasteiger partial charge is 0.251 e. The Morgan fingerprint density at radius 3 is 2.46 bits per heavy atom. The van der Waals surface area contributed by atoms with E-state index in [1.54, 1.807) is 12.1 Å². The van der Waals surface area contributed by atoms with Crippen molar-refractivity contribution in [1.82, 2.24) is 10.0 Å². The lowest BCUT2D eigenvalue weighted by Crippen LogP contribution is -2.33. The summed E-state index contributed by atoms with van der Waals surface area (Å²) in [6.45, 7) is 0.500. The number of carbonyl (C=O) groups is 1. The fraction of sp³-hybridized carbons (Fsp3) is 0.350. The van der Waals surface area contributed by atoms with E-state index in [0.717, 1.165) is 37.7 Å². The molecule has 0 radical (unpaired) electrons. The highest BCUT2D eigenvalue weighted by Gasteiger charge is 2.23. The molecule has 1 aliphatic carbocycles. The van der Waals surface area contributed by atoms with Gasteiger partial charge in [-0.25, -0.2) is 13.1 Å². The Balaban J connectivity index is 1.61. The van der Waals surface area contributed by atoms with Crippen LogP contribution >= 0.6 is 0 Å². The van der Waals surface area contributed by atoms with Crippen LogP contribution in [-0.2, 0) is 16.4 Å². The quantitative estimate of drug-likeness (QED) is 0.785. The highest BCUT2D eigenvalue weighted by molar-refractivity contribution is 7.89. The predicted octanol–water partition coefficient (Wildman–Crippen LogP) is 2.88. The molecule has 2 aromatic carbocycles. The third-order valence-electron chi connectivity index (χ3n) is 4.63. The zero-order valence-corrected chi connectivity index (χ0v) is 15.5. The molecular formula is C20H24N2O3S.